The number of ether oxygens (including phenoxy) is 1. The molecule has 3 heteroatoms. The summed E-state index contributed by atoms with van der Waals surface area (Å²) in [5, 5.41) is 3.36. The van der Waals surface area contributed by atoms with E-state index in [2.05, 4.69) is 37.4 Å². The average Bonchev–Trinajstić information content (AvgIpc) is 2.34. The highest BCUT2D eigenvalue weighted by molar-refractivity contribution is 6.17. The molecule has 0 aliphatic heterocycles. The molecule has 1 N–H and O–H groups in total. The second kappa shape index (κ2) is 7.57. The minimum absolute atomic E-state index is 0.530. The summed E-state index contributed by atoms with van der Waals surface area (Å²) in [4.78, 5) is 0. The summed E-state index contributed by atoms with van der Waals surface area (Å²) in [7, 11) is 1.72. The molecule has 0 radical (unpaired) electrons. The van der Waals surface area contributed by atoms with Crippen LogP contribution < -0.4 is 10.1 Å². The van der Waals surface area contributed by atoms with Gasteiger partial charge in [-0.3, -0.25) is 0 Å². The van der Waals surface area contributed by atoms with Gasteiger partial charge >= 0.3 is 0 Å². The van der Waals surface area contributed by atoms with Gasteiger partial charge < -0.3 is 10.1 Å². The highest BCUT2D eigenvalue weighted by Gasteiger charge is 2.06. The van der Waals surface area contributed by atoms with Crippen molar-refractivity contribution in [3.05, 3.63) is 29.3 Å². The van der Waals surface area contributed by atoms with E-state index in [4.69, 9.17) is 16.3 Å². The van der Waals surface area contributed by atoms with Crippen molar-refractivity contribution in [2.45, 2.75) is 32.7 Å². The highest BCUT2D eigenvalue weighted by Crippen LogP contribution is 2.24. The molecule has 2 nitrogen and oxygen atoms in total. The second-order valence-electron chi connectivity index (χ2n) is 4.45. The van der Waals surface area contributed by atoms with Gasteiger partial charge in [0.2, 0.25) is 0 Å². The smallest absolute Gasteiger partial charge is 0.123 e. The molecular formula is C14H22ClNO. The van der Waals surface area contributed by atoms with Crippen LogP contribution in [0.25, 0.3) is 0 Å². The largest absolute Gasteiger partial charge is 0.496 e. The molecule has 0 aliphatic carbocycles. The lowest BCUT2D eigenvalue weighted by Crippen LogP contribution is -2.15. The van der Waals surface area contributed by atoms with Crippen molar-refractivity contribution in [2.24, 2.45) is 0 Å². The zero-order valence-electron chi connectivity index (χ0n) is 10.9. The third kappa shape index (κ3) is 4.57. The summed E-state index contributed by atoms with van der Waals surface area (Å²) in [6, 6.07) is 6.44. The fourth-order valence-corrected chi connectivity index (χ4v) is 1.81. The number of hydrogen-bond donors (Lipinski definition) is 1. The van der Waals surface area contributed by atoms with Crippen LogP contribution in [0.5, 0.6) is 5.75 Å². The summed E-state index contributed by atoms with van der Waals surface area (Å²) in [5.41, 5.74) is 2.51. The maximum Gasteiger partial charge on any atom is 0.123 e. The molecule has 0 aliphatic rings. The van der Waals surface area contributed by atoms with Gasteiger partial charge in [0.1, 0.15) is 5.75 Å². The van der Waals surface area contributed by atoms with Gasteiger partial charge in [0.15, 0.2) is 0 Å². The van der Waals surface area contributed by atoms with E-state index in [9.17, 15) is 0 Å². The topological polar surface area (TPSA) is 21.3 Å². The number of hydrogen-bond acceptors (Lipinski definition) is 2. The SMILES string of the molecule is COc1cc(C(C)C)ccc1CNCCCCl. The Kier molecular flexibility index (Phi) is 6.38. The Labute approximate surface area is 109 Å². The van der Waals surface area contributed by atoms with Gasteiger partial charge in [0.25, 0.3) is 0 Å². The standard InChI is InChI=1S/C14H22ClNO/c1-11(2)12-5-6-13(14(9-12)17-3)10-16-8-4-7-15/h5-6,9,11,16H,4,7-8,10H2,1-3H3. The first-order valence-electron chi connectivity index (χ1n) is 6.12. The van der Waals surface area contributed by atoms with Crippen molar-refractivity contribution in [1.29, 1.82) is 0 Å². The van der Waals surface area contributed by atoms with E-state index < -0.39 is 0 Å². The Hall–Kier alpha value is -0.730. The minimum atomic E-state index is 0.530. The van der Waals surface area contributed by atoms with Crippen molar-refractivity contribution in [3.8, 4) is 5.75 Å². The number of rotatable bonds is 7. The normalized spacial score (nSPS) is 10.9. The van der Waals surface area contributed by atoms with E-state index in [0.717, 1.165) is 25.3 Å². The lowest BCUT2D eigenvalue weighted by atomic mass is 10.0. The summed E-state index contributed by atoms with van der Waals surface area (Å²) in [6.45, 7) is 6.15. The van der Waals surface area contributed by atoms with Gasteiger partial charge in [-0.2, -0.15) is 0 Å². The van der Waals surface area contributed by atoms with Crippen LogP contribution in [0, 0.1) is 0 Å². The summed E-state index contributed by atoms with van der Waals surface area (Å²) in [6.07, 6.45) is 0.994. The summed E-state index contributed by atoms with van der Waals surface area (Å²) in [5.74, 6) is 2.20. The van der Waals surface area contributed by atoms with Crippen LogP contribution in [0.4, 0.5) is 0 Å². The number of nitrogens with one attached hydrogen (secondary N) is 1. The van der Waals surface area contributed by atoms with Crippen LogP contribution >= 0.6 is 11.6 Å². The average molecular weight is 256 g/mol. The van der Waals surface area contributed by atoms with E-state index in [1.54, 1.807) is 7.11 Å². The van der Waals surface area contributed by atoms with Crippen molar-refractivity contribution >= 4 is 11.6 Å². The Balaban J connectivity index is 2.65. The van der Waals surface area contributed by atoms with E-state index in [0.29, 0.717) is 11.8 Å². The predicted octanol–water partition coefficient (Wildman–Crippen LogP) is 3.54. The van der Waals surface area contributed by atoms with Crippen molar-refractivity contribution in [2.75, 3.05) is 19.5 Å². The second-order valence-corrected chi connectivity index (χ2v) is 4.82. The van der Waals surface area contributed by atoms with Crippen LogP contribution in [0.2, 0.25) is 0 Å². The molecule has 0 unspecified atom stereocenters. The van der Waals surface area contributed by atoms with Crippen LogP contribution in [0.1, 0.15) is 37.3 Å². The van der Waals surface area contributed by atoms with Gasteiger partial charge in [0, 0.05) is 18.0 Å². The molecule has 0 fully saturated rings. The zero-order chi connectivity index (χ0) is 12.7. The van der Waals surface area contributed by atoms with Gasteiger partial charge in [0.05, 0.1) is 7.11 Å². The molecule has 1 aromatic carbocycles. The minimum Gasteiger partial charge on any atom is -0.496 e. The monoisotopic (exact) mass is 255 g/mol. The van der Waals surface area contributed by atoms with E-state index in [-0.39, 0.29) is 0 Å². The predicted molar refractivity (Wildman–Crippen MR) is 74.1 cm³/mol. The van der Waals surface area contributed by atoms with E-state index in [1.807, 2.05) is 0 Å². The molecule has 17 heavy (non-hydrogen) atoms. The molecule has 0 aromatic heterocycles. The van der Waals surface area contributed by atoms with Crippen molar-refractivity contribution < 1.29 is 4.74 Å². The summed E-state index contributed by atoms with van der Waals surface area (Å²) >= 11 is 5.63. The molecule has 0 saturated carbocycles. The van der Waals surface area contributed by atoms with Crippen LogP contribution in [0.15, 0.2) is 18.2 Å². The lowest BCUT2D eigenvalue weighted by molar-refractivity contribution is 0.407. The van der Waals surface area contributed by atoms with Crippen LogP contribution in [-0.2, 0) is 6.54 Å². The fraction of sp³-hybridized carbons (Fsp3) is 0.571. The molecule has 1 rings (SSSR count). The Morgan fingerprint density at radius 1 is 1.35 bits per heavy atom. The van der Waals surface area contributed by atoms with Gasteiger partial charge in [-0.1, -0.05) is 26.0 Å². The molecule has 0 spiro atoms. The van der Waals surface area contributed by atoms with Crippen LogP contribution in [-0.4, -0.2) is 19.5 Å². The summed E-state index contributed by atoms with van der Waals surface area (Å²) < 4.78 is 5.43. The quantitative estimate of drug-likeness (QED) is 0.594. The molecule has 0 saturated heterocycles. The fourth-order valence-electron chi connectivity index (χ4n) is 1.68. The maximum atomic E-state index is 5.63. The van der Waals surface area contributed by atoms with Gasteiger partial charge in [-0.15, -0.1) is 11.6 Å². The highest BCUT2D eigenvalue weighted by atomic mass is 35.5. The molecule has 0 heterocycles. The number of alkyl halides is 1. The first-order chi connectivity index (χ1) is 8.19. The first kappa shape index (κ1) is 14.3. The van der Waals surface area contributed by atoms with Crippen LogP contribution in [0.3, 0.4) is 0 Å². The van der Waals surface area contributed by atoms with E-state index >= 15 is 0 Å². The molecule has 0 atom stereocenters. The first-order valence-corrected chi connectivity index (χ1v) is 6.66. The number of halogens is 1. The third-order valence-corrected chi connectivity index (χ3v) is 3.05. The molecule has 0 bridgehead atoms. The number of methoxy groups -OCH3 is 1. The third-order valence-electron chi connectivity index (χ3n) is 2.78. The Bertz CT molecular complexity index is 339. The zero-order valence-corrected chi connectivity index (χ0v) is 11.7. The maximum absolute atomic E-state index is 5.63. The van der Waals surface area contributed by atoms with Gasteiger partial charge in [-0.05, 0) is 30.5 Å². The Morgan fingerprint density at radius 2 is 2.12 bits per heavy atom. The lowest BCUT2D eigenvalue weighted by Gasteiger charge is -2.13. The van der Waals surface area contributed by atoms with Crippen molar-refractivity contribution in [3.63, 3.8) is 0 Å². The number of benzene rings is 1. The Morgan fingerprint density at radius 3 is 2.71 bits per heavy atom. The molecule has 0 amide bonds. The molecule has 96 valence electrons. The van der Waals surface area contributed by atoms with Gasteiger partial charge in [-0.25, -0.2) is 0 Å². The molecule has 1 aromatic rings. The van der Waals surface area contributed by atoms with Crippen molar-refractivity contribution in [1.82, 2.24) is 5.32 Å². The van der Waals surface area contributed by atoms with E-state index in [1.165, 1.54) is 11.1 Å². The molecular weight excluding hydrogens is 234 g/mol.